The molecule has 36 heavy (non-hydrogen) atoms. The number of carbonyl (C=O) groups excluding carboxylic acids is 4. The van der Waals surface area contributed by atoms with E-state index in [4.69, 9.17) is 10.8 Å². The molecule has 0 aliphatic carbocycles. The molecule has 3 heterocycles. The third-order valence-corrected chi connectivity index (χ3v) is 7.25. The van der Waals surface area contributed by atoms with Gasteiger partial charge in [0, 0.05) is 36.3 Å². The Labute approximate surface area is 215 Å². The van der Waals surface area contributed by atoms with Crippen LogP contribution in [-0.2, 0) is 25.6 Å². The molecular formula is C22H26N6O6S2. The topological polar surface area (TPSA) is 185 Å². The number of hydrogen-bond donors (Lipinski definition) is 4. The minimum Gasteiger partial charge on any atom is -0.481 e. The van der Waals surface area contributed by atoms with E-state index in [9.17, 15) is 24.0 Å². The normalized spacial score (nSPS) is 18.2. The average molecular weight is 535 g/mol. The molecule has 0 bridgehead atoms. The first-order valence-corrected chi connectivity index (χ1v) is 13.1. The number of aliphatic carboxylic acids is 1. The maximum atomic E-state index is 13.3. The van der Waals surface area contributed by atoms with Gasteiger partial charge in [-0.1, -0.05) is 6.07 Å². The molecule has 2 aromatic heterocycles. The van der Waals surface area contributed by atoms with Crippen LogP contribution in [0.4, 0.5) is 0 Å². The lowest BCUT2D eigenvalue weighted by molar-refractivity contribution is -0.141. The van der Waals surface area contributed by atoms with Gasteiger partial charge in [-0.05, 0) is 24.3 Å². The number of primary amides is 1. The van der Waals surface area contributed by atoms with Crippen molar-refractivity contribution in [3.8, 4) is 0 Å². The summed E-state index contributed by atoms with van der Waals surface area (Å²) in [7, 11) is 0. The molecule has 1 aliphatic heterocycles. The maximum absolute atomic E-state index is 13.3. The Balaban J connectivity index is 1.72. The SMILES string of the molecule is NC(=O)C(Cc1cccs1)NC(=O)C1CC(NC(=O)c2cnccn2)CCN1C(=O)CSCC(=O)O. The number of aromatic nitrogens is 2. The van der Waals surface area contributed by atoms with Crippen LogP contribution in [0.3, 0.4) is 0 Å². The number of piperidine rings is 1. The molecule has 12 nitrogen and oxygen atoms in total. The van der Waals surface area contributed by atoms with E-state index in [-0.39, 0.29) is 36.6 Å². The second kappa shape index (κ2) is 13.0. The lowest BCUT2D eigenvalue weighted by Gasteiger charge is -2.39. The van der Waals surface area contributed by atoms with E-state index < -0.39 is 47.7 Å². The number of nitrogens with zero attached hydrogens (tertiary/aromatic N) is 3. The second-order valence-electron chi connectivity index (χ2n) is 8.02. The number of amides is 4. The molecule has 1 saturated heterocycles. The van der Waals surface area contributed by atoms with E-state index in [1.807, 2.05) is 17.5 Å². The highest BCUT2D eigenvalue weighted by molar-refractivity contribution is 8.00. The average Bonchev–Trinajstić information content (AvgIpc) is 3.37. The second-order valence-corrected chi connectivity index (χ2v) is 10.0. The van der Waals surface area contributed by atoms with Crippen molar-refractivity contribution in [1.82, 2.24) is 25.5 Å². The van der Waals surface area contributed by atoms with Crippen molar-refractivity contribution in [2.45, 2.75) is 37.4 Å². The van der Waals surface area contributed by atoms with Gasteiger partial charge in [-0.2, -0.15) is 0 Å². The fourth-order valence-electron chi connectivity index (χ4n) is 3.75. The smallest absolute Gasteiger partial charge is 0.313 e. The van der Waals surface area contributed by atoms with Crippen LogP contribution < -0.4 is 16.4 Å². The fraction of sp³-hybridized carbons (Fsp3) is 0.409. The minimum atomic E-state index is -1.05. The number of nitrogens with two attached hydrogens (primary N) is 1. The van der Waals surface area contributed by atoms with Crippen molar-refractivity contribution in [3.63, 3.8) is 0 Å². The standard InChI is InChI=1S/C22H26N6O6S2/c23-20(32)15(9-14-2-1-7-36-14)27-22(34)17-8-13(26-21(33)16-10-24-4-5-25-16)3-6-28(17)18(29)11-35-12-19(30)31/h1-2,4-5,7,10,13,15,17H,3,6,8-9,11-12H2,(H2,23,32)(H,26,33)(H,27,34)(H,30,31). The van der Waals surface area contributed by atoms with Gasteiger partial charge in [-0.3, -0.25) is 29.0 Å². The van der Waals surface area contributed by atoms with Crippen LogP contribution in [0, 0.1) is 0 Å². The van der Waals surface area contributed by atoms with E-state index in [1.54, 1.807) is 0 Å². The fourth-order valence-corrected chi connectivity index (χ4v) is 5.12. The van der Waals surface area contributed by atoms with Crippen molar-refractivity contribution < 1.29 is 29.1 Å². The van der Waals surface area contributed by atoms with E-state index in [2.05, 4.69) is 20.6 Å². The molecule has 4 amide bonds. The number of carboxylic acid groups (broad SMARTS) is 1. The molecule has 0 saturated carbocycles. The summed E-state index contributed by atoms with van der Waals surface area (Å²) >= 11 is 2.35. The van der Waals surface area contributed by atoms with Gasteiger partial charge in [0.1, 0.15) is 17.8 Å². The number of likely N-dealkylation sites (tertiary alicyclic amines) is 1. The van der Waals surface area contributed by atoms with Crippen LogP contribution in [0.1, 0.15) is 28.2 Å². The molecule has 0 spiro atoms. The van der Waals surface area contributed by atoms with Crippen LogP contribution in [0.25, 0.3) is 0 Å². The molecule has 3 rings (SSSR count). The number of thioether (sulfide) groups is 1. The predicted octanol–water partition coefficient (Wildman–Crippen LogP) is -0.342. The summed E-state index contributed by atoms with van der Waals surface area (Å²) < 4.78 is 0. The van der Waals surface area contributed by atoms with Crippen LogP contribution in [0.2, 0.25) is 0 Å². The minimum absolute atomic E-state index is 0.0949. The molecule has 14 heteroatoms. The van der Waals surface area contributed by atoms with Gasteiger partial charge in [0.15, 0.2) is 0 Å². The largest absolute Gasteiger partial charge is 0.481 e. The summed E-state index contributed by atoms with van der Waals surface area (Å²) in [5.41, 5.74) is 5.64. The zero-order chi connectivity index (χ0) is 26.1. The third-order valence-electron chi connectivity index (χ3n) is 5.45. The van der Waals surface area contributed by atoms with Crippen molar-refractivity contribution in [2.24, 2.45) is 5.73 Å². The molecular weight excluding hydrogens is 508 g/mol. The molecule has 3 unspecified atom stereocenters. The maximum Gasteiger partial charge on any atom is 0.313 e. The first kappa shape index (κ1) is 27.1. The molecule has 0 aromatic carbocycles. The van der Waals surface area contributed by atoms with Gasteiger partial charge in [0.05, 0.1) is 17.7 Å². The number of thiophene rings is 1. The lowest BCUT2D eigenvalue weighted by atomic mass is 9.95. The van der Waals surface area contributed by atoms with E-state index in [0.29, 0.717) is 6.42 Å². The summed E-state index contributed by atoms with van der Waals surface area (Å²) in [6.45, 7) is 0.155. The highest BCUT2D eigenvalue weighted by Gasteiger charge is 2.38. The Bertz CT molecular complexity index is 1080. The number of rotatable bonds is 11. The van der Waals surface area contributed by atoms with Gasteiger partial charge in [0.2, 0.25) is 17.7 Å². The zero-order valence-corrected chi connectivity index (χ0v) is 20.8. The molecule has 1 aliphatic rings. The van der Waals surface area contributed by atoms with Gasteiger partial charge in [-0.25, -0.2) is 4.98 Å². The predicted molar refractivity (Wildman–Crippen MR) is 132 cm³/mol. The van der Waals surface area contributed by atoms with E-state index >= 15 is 0 Å². The van der Waals surface area contributed by atoms with Crippen LogP contribution in [0.5, 0.6) is 0 Å². The molecule has 0 radical (unpaired) electrons. The molecule has 3 atom stereocenters. The summed E-state index contributed by atoms with van der Waals surface area (Å²) in [6.07, 6.45) is 4.82. The summed E-state index contributed by atoms with van der Waals surface area (Å²) in [5.74, 6) is -3.59. The Morgan fingerprint density at radius 2 is 2.06 bits per heavy atom. The Morgan fingerprint density at radius 3 is 2.69 bits per heavy atom. The van der Waals surface area contributed by atoms with Gasteiger partial charge in [0.25, 0.3) is 5.91 Å². The van der Waals surface area contributed by atoms with Gasteiger partial charge in [-0.15, -0.1) is 23.1 Å². The first-order valence-electron chi connectivity index (χ1n) is 11.0. The van der Waals surface area contributed by atoms with Crippen molar-refractivity contribution in [1.29, 1.82) is 0 Å². The molecule has 1 fully saturated rings. The third kappa shape index (κ3) is 7.75. The van der Waals surface area contributed by atoms with Crippen LogP contribution in [0.15, 0.2) is 36.1 Å². The number of carboxylic acids is 1. The Morgan fingerprint density at radius 1 is 1.25 bits per heavy atom. The molecule has 192 valence electrons. The van der Waals surface area contributed by atoms with E-state index in [0.717, 1.165) is 16.6 Å². The summed E-state index contributed by atoms with van der Waals surface area (Å²) in [5, 5.41) is 16.2. The molecule has 5 N–H and O–H groups in total. The monoisotopic (exact) mass is 534 g/mol. The summed E-state index contributed by atoms with van der Waals surface area (Å²) in [6, 6.07) is 1.22. The highest BCUT2D eigenvalue weighted by atomic mass is 32.2. The summed E-state index contributed by atoms with van der Waals surface area (Å²) in [4.78, 5) is 71.6. The highest BCUT2D eigenvalue weighted by Crippen LogP contribution is 2.21. The van der Waals surface area contributed by atoms with Crippen LogP contribution >= 0.6 is 23.1 Å². The number of nitrogens with one attached hydrogen (secondary N) is 2. The van der Waals surface area contributed by atoms with E-state index in [1.165, 1.54) is 34.8 Å². The quantitative estimate of drug-likeness (QED) is 0.299. The van der Waals surface area contributed by atoms with Crippen molar-refractivity contribution in [3.05, 3.63) is 46.7 Å². The van der Waals surface area contributed by atoms with Crippen molar-refractivity contribution >= 4 is 52.7 Å². The molecule has 2 aromatic rings. The Kier molecular flexibility index (Phi) is 9.76. The zero-order valence-electron chi connectivity index (χ0n) is 19.2. The number of carbonyl (C=O) groups is 5. The number of hydrogen-bond acceptors (Lipinski definition) is 9. The first-order chi connectivity index (χ1) is 17.2. The lowest BCUT2D eigenvalue weighted by Crippen LogP contribution is -2.60. The van der Waals surface area contributed by atoms with Crippen molar-refractivity contribution in [2.75, 3.05) is 18.1 Å². The van der Waals surface area contributed by atoms with Gasteiger partial charge >= 0.3 is 5.97 Å². The Hall–Kier alpha value is -3.52. The van der Waals surface area contributed by atoms with Gasteiger partial charge < -0.3 is 26.4 Å². The van der Waals surface area contributed by atoms with Crippen LogP contribution in [-0.4, -0.2) is 85.7 Å².